The van der Waals surface area contributed by atoms with Crippen LogP contribution in [0.25, 0.3) is 0 Å². The van der Waals surface area contributed by atoms with Gasteiger partial charge in [-0.1, -0.05) is 6.07 Å². The van der Waals surface area contributed by atoms with Crippen molar-refractivity contribution in [3.8, 4) is 6.07 Å². The summed E-state index contributed by atoms with van der Waals surface area (Å²) in [5, 5.41) is 8.95. The lowest BCUT2D eigenvalue weighted by atomic mass is 10.1. The molecule has 4 heteroatoms. The average Bonchev–Trinajstić information content (AvgIpc) is 2.57. The van der Waals surface area contributed by atoms with Crippen molar-refractivity contribution in [3.05, 3.63) is 29.3 Å². The molecule has 1 fully saturated rings. The molecule has 0 N–H and O–H groups in total. The predicted octanol–water partition coefficient (Wildman–Crippen LogP) is 1.17. The van der Waals surface area contributed by atoms with E-state index in [1.165, 1.54) is 4.90 Å². The first kappa shape index (κ1) is 10.4. The number of nitriles is 1. The third kappa shape index (κ3) is 1.68. The van der Waals surface area contributed by atoms with Gasteiger partial charge in [-0.15, -0.1) is 0 Å². The average molecular weight is 214 g/mol. The normalized spacial score (nSPS) is 15.4. The van der Waals surface area contributed by atoms with Crippen LogP contribution >= 0.6 is 0 Å². The monoisotopic (exact) mass is 214 g/mol. The minimum absolute atomic E-state index is 0.0567. The Labute approximate surface area is 93.1 Å². The van der Waals surface area contributed by atoms with Gasteiger partial charge in [0, 0.05) is 0 Å². The summed E-state index contributed by atoms with van der Waals surface area (Å²) in [6.45, 7) is 1.96. The molecule has 0 aromatic heterocycles. The highest BCUT2D eigenvalue weighted by Gasteiger charge is 2.29. The summed E-state index contributed by atoms with van der Waals surface area (Å²) in [5.74, 6) is -0.331. The van der Waals surface area contributed by atoms with Gasteiger partial charge in [0.05, 0.1) is 24.2 Å². The molecule has 2 rings (SSSR count). The fourth-order valence-corrected chi connectivity index (χ4v) is 1.76. The third-order valence-electron chi connectivity index (χ3n) is 2.55. The van der Waals surface area contributed by atoms with Crippen LogP contribution in [0.4, 0.5) is 5.69 Å². The van der Waals surface area contributed by atoms with E-state index in [-0.39, 0.29) is 24.7 Å². The van der Waals surface area contributed by atoms with E-state index >= 15 is 0 Å². The lowest BCUT2D eigenvalue weighted by Gasteiger charge is -2.16. The number of anilines is 1. The first-order chi connectivity index (χ1) is 7.61. The number of ketones is 1. The minimum Gasteiger partial charge on any atom is -0.303 e. The summed E-state index contributed by atoms with van der Waals surface area (Å²) < 4.78 is 0. The van der Waals surface area contributed by atoms with Crippen LogP contribution in [0.1, 0.15) is 17.5 Å². The van der Waals surface area contributed by atoms with Crippen molar-refractivity contribution in [2.24, 2.45) is 0 Å². The molecule has 1 aromatic carbocycles. The molecule has 0 spiro atoms. The molecule has 16 heavy (non-hydrogen) atoms. The van der Waals surface area contributed by atoms with E-state index in [9.17, 15) is 9.59 Å². The Morgan fingerprint density at radius 1 is 1.38 bits per heavy atom. The Hall–Kier alpha value is -2.15. The van der Waals surface area contributed by atoms with Crippen molar-refractivity contribution in [3.63, 3.8) is 0 Å². The SMILES string of the molecule is Cc1ccc(C#N)c(N2CC(=O)CC2=O)c1. The smallest absolute Gasteiger partial charge is 0.234 e. The maximum atomic E-state index is 11.6. The Bertz CT molecular complexity index is 514. The number of carbonyl (C=O) groups is 2. The molecular weight excluding hydrogens is 204 g/mol. The largest absolute Gasteiger partial charge is 0.303 e. The van der Waals surface area contributed by atoms with Crippen LogP contribution in [0.2, 0.25) is 0 Å². The molecule has 0 aliphatic carbocycles. The highest BCUT2D eigenvalue weighted by molar-refractivity contribution is 6.15. The van der Waals surface area contributed by atoms with Crippen LogP contribution in [-0.4, -0.2) is 18.2 Å². The molecular formula is C12H10N2O2. The number of amides is 1. The number of benzene rings is 1. The van der Waals surface area contributed by atoms with Gasteiger partial charge >= 0.3 is 0 Å². The molecule has 1 aliphatic heterocycles. The highest BCUT2D eigenvalue weighted by Crippen LogP contribution is 2.25. The lowest BCUT2D eigenvalue weighted by Crippen LogP contribution is -2.25. The van der Waals surface area contributed by atoms with Gasteiger partial charge in [-0.25, -0.2) is 0 Å². The third-order valence-corrected chi connectivity index (χ3v) is 2.55. The quantitative estimate of drug-likeness (QED) is 0.659. The van der Waals surface area contributed by atoms with Gasteiger partial charge in [0.25, 0.3) is 0 Å². The molecule has 1 amide bonds. The van der Waals surface area contributed by atoms with Crippen molar-refractivity contribution in [2.45, 2.75) is 13.3 Å². The molecule has 1 aromatic rings. The standard InChI is InChI=1S/C12H10N2O2/c1-8-2-3-9(6-13)11(4-8)14-7-10(15)5-12(14)16/h2-4H,5,7H2,1H3. The van der Waals surface area contributed by atoms with Gasteiger partial charge in [0.2, 0.25) is 5.91 Å². The van der Waals surface area contributed by atoms with Crippen molar-refractivity contribution in [1.29, 1.82) is 5.26 Å². The van der Waals surface area contributed by atoms with Gasteiger partial charge in [0.1, 0.15) is 6.07 Å². The predicted molar refractivity (Wildman–Crippen MR) is 57.9 cm³/mol. The second-order valence-electron chi connectivity index (χ2n) is 3.83. The number of carbonyl (C=O) groups excluding carboxylic acids is 2. The van der Waals surface area contributed by atoms with Crippen molar-refractivity contribution in [2.75, 3.05) is 11.4 Å². The van der Waals surface area contributed by atoms with Crippen molar-refractivity contribution >= 4 is 17.4 Å². The van der Waals surface area contributed by atoms with Gasteiger partial charge in [-0.2, -0.15) is 5.26 Å². The van der Waals surface area contributed by atoms with Gasteiger partial charge in [-0.05, 0) is 24.6 Å². The number of rotatable bonds is 1. The zero-order valence-corrected chi connectivity index (χ0v) is 8.86. The molecule has 0 atom stereocenters. The molecule has 1 aliphatic rings. The van der Waals surface area contributed by atoms with Crippen LogP contribution < -0.4 is 4.90 Å². The molecule has 0 bridgehead atoms. The minimum atomic E-state index is -0.230. The van der Waals surface area contributed by atoms with E-state index in [1.54, 1.807) is 12.1 Å². The highest BCUT2D eigenvalue weighted by atomic mass is 16.2. The zero-order valence-electron chi connectivity index (χ0n) is 8.86. The lowest BCUT2D eigenvalue weighted by molar-refractivity contribution is -0.121. The van der Waals surface area contributed by atoms with Crippen molar-refractivity contribution < 1.29 is 9.59 Å². The number of nitrogens with zero attached hydrogens (tertiary/aromatic N) is 2. The van der Waals surface area contributed by atoms with Crippen LogP contribution in [-0.2, 0) is 9.59 Å². The van der Waals surface area contributed by atoms with E-state index in [0.29, 0.717) is 11.3 Å². The fraction of sp³-hybridized carbons (Fsp3) is 0.250. The van der Waals surface area contributed by atoms with Gasteiger partial charge < -0.3 is 4.90 Å². The summed E-state index contributed by atoms with van der Waals surface area (Å²) in [5.41, 5.74) is 1.92. The first-order valence-electron chi connectivity index (χ1n) is 4.94. The van der Waals surface area contributed by atoms with Gasteiger partial charge in [-0.3, -0.25) is 9.59 Å². The number of hydrogen-bond donors (Lipinski definition) is 0. The maximum Gasteiger partial charge on any atom is 0.234 e. The molecule has 4 nitrogen and oxygen atoms in total. The van der Waals surface area contributed by atoms with Crippen LogP contribution in [0.3, 0.4) is 0 Å². The van der Waals surface area contributed by atoms with Crippen LogP contribution in [0, 0.1) is 18.3 Å². The molecule has 1 saturated heterocycles. The molecule has 80 valence electrons. The summed E-state index contributed by atoms with van der Waals surface area (Å²) >= 11 is 0. The summed E-state index contributed by atoms with van der Waals surface area (Å²) in [4.78, 5) is 24.1. The van der Waals surface area contributed by atoms with E-state index in [4.69, 9.17) is 5.26 Å². The molecule has 1 heterocycles. The topological polar surface area (TPSA) is 61.2 Å². The van der Waals surface area contributed by atoms with E-state index < -0.39 is 0 Å². The van der Waals surface area contributed by atoms with Crippen LogP contribution in [0.15, 0.2) is 18.2 Å². The number of aryl methyl sites for hydroxylation is 1. The Morgan fingerprint density at radius 2 is 2.12 bits per heavy atom. The number of hydrogen-bond acceptors (Lipinski definition) is 3. The zero-order chi connectivity index (χ0) is 11.7. The molecule has 0 unspecified atom stereocenters. The molecule has 0 radical (unpaired) electrons. The summed E-state index contributed by atoms with van der Waals surface area (Å²) in [7, 11) is 0. The van der Waals surface area contributed by atoms with Crippen molar-refractivity contribution in [1.82, 2.24) is 0 Å². The van der Waals surface area contributed by atoms with E-state index in [2.05, 4.69) is 0 Å². The van der Waals surface area contributed by atoms with E-state index in [1.807, 2.05) is 19.1 Å². The van der Waals surface area contributed by atoms with Gasteiger partial charge in [0.15, 0.2) is 5.78 Å². The first-order valence-corrected chi connectivity index (χ1v) is 4.94. The second-order valence-corrected chi connectivity index (χ2v) is 3.83. The second kappa shape index (κ2) is 3.78. The van der Waals surface area contributed by atoms with Crippen LogP contribution in [0.5, 0.6) is 0 Å². The Morgan fingerprint density at radius 3 is 2.69 bits per heavy atom. The Kier molecular flexibility index (Phi) is 2.45. The Balaban J connectivity index is 2.48. The summed E-state index contributed by atoms with van der Waals surface area (Å²) in [6.07, 6.45) is -0.0567. The molecule has 0 saturated carbocycles. The fourth-order valence-electron chi connectivity index (χ4n) is 1.76. The summed E-state index contributed by atoms with van der Waals surface area (Å²) in [6, 6.07) is 7.27. The number of Topliss-reactive ketones (excluding diaryl/α,β-unsaturated/α-hetero) is 1. The maximum absolute atomic E-state index is 11.6. The van der Waals surface area contributed by atoms with E-state index in [0.717, 1.165) is 5.56 Å².